The summed E-state index contributed by atoms with van der Waals surface area (Å²) in [4.78, 5) is 15.4. The van der Waals surface area contributed by atoms with Crippen LogP contribution in [0.1, 0.15) is 50.5 Å². The summed E-state index contributed by atoms with van der Waals surface area (Å²) in [5, 5.41) is 0. The first-order chi connectivity index (χ1) is 13.1. The minimum atomic E-state index is -0.254. The zero-order valence-corrected chi connectivity index (χ0v) is 17.2. The van der Waals surface area contributed by atoms with Gasteiger partial charge in [-0.25, -0.2) is 4.39 Å². The van der Waals surface area contributed by atoms with Gasteiger partial charge in [0, 0.05) is 31.7 Å². The molecule has 6 heteroatoms. The molecule has 1 aromatic rings. The molecule has 0 radical (unpaired) electrons. The Morgan fingerprint density at radius 3 is 2.57 bits per heavy atom. The number of amides is 1. The van der Waals surface area contributed by atoms with Gasteiger partial charge in [0.2, 0.25) is 5.91 Å². The third-order valence-corrected chi connectivity index (χ3v) is 6.78. The van der Waals surface area contributed by atoms with Crippen molar-refractivity contribution in [3.8, 4) is 0 Å². The molecule has 1 heterocycles. The van der Waals surface area contributed by atoms with Crippen LogP contribution in [0.3, 0.4) is 0 Å². The predicted molar refractivity (Wildman–Crippen MR) is 110 cm³/mol. The van der Waals surface area contributed by atoms with Crippen molar-refractivity contribution in [2.45, 2.75) is 63.6 Å². The van der Waals surface area contributed by atoms with Crippen molar-refractivity contribution in [2.75, 3.05) is 13.2 Å². The highest BCUT2D eigenvalue weighted by Crippen LogP contribution is 2.42. The van der Waals surface area contributed by atoms with Gasteiger partial charge in [-0.05, 0) is 68.1 Å². The highest BCUT2D eigenvalue weighted by Gasteiger charge is 2.42. The number of ether oxygens (including phenoxy) is 1. The fourth-order valence-corrected chi connectivity index (χ4v) is 5.37. The Labute approximate surface area is 173 Å². The molecule has 3 atom stereocenters. The van der Waals surface area contributed by atoms with E-state index in [1.54, 1.807) is 6.07 Å². The van der Waals surface area contributed by atoms with Crippen LogP contribution in [0.5, 0.6) is 0 Å². The molecule has 0 aromatic heterocycles. The van der Waals surface area contributed by atoms with Gasteiger partial charge in [-0.15, -0.1) is 12.4 Å². The van der Waals surface area contributed by atoms with Gasteiger partial charge in [0.1, 0.15) is 5.82 Å². The van der Waals surface area contributed by atoms with Crippen LogP contribution in [-0.4, -0.2) is 36.1 Å². The van der Waals surface area contributed by atoms with Gasteiger partial charge < -0.3 is 15.4 Å². The predicted octanol–water partition coefficient (Wildman–Crippen LogP) is 3.91. The molecule has 3 fully saturated rings. The van der Waals surface area contributed by atoms with E-state index in [2.05, 4.69) is 0 Å². The lowest BCUT2D eigenvalue weighted by Crippen LogP contribution is -2.50. The van der Waals surface area contributed by atoms with E-state index in [1.165, 1.54) is 18.6 Å². The summed E-state index contributed by atoms with van der Waals surface area (Å²) in [7, 11) is 0. The maximum atomic E-state index is 13.6. The fourth-order valence-electron chi connectivity index (χ4n) is 5.37. The van der Waals surface area contributed by atoms with Gasteiger partial charge in [-0.3, -0.25) is 4.79 Å². The number of hydrogen-bond donors (Lipinski definition) is 1. The molecule has 4 nitrogen and oxygen atoms in total. The number of nitrogens with two attached hydrogens (primary N) is 1. The van der Waals surface area contributed by atoms with E-state index < -0.39 is 0 Å². The number of carbonyl (C=O) groups excluding carboxylic acids is 1. The van der Waals surface area contributed by atoms with Crippen molar-refractivity contribution in [2.24, 2.45) is 23.5 Å². The number of benzene rings is 1. The maximum Gasteiger partial charge on any atom is 0.226 e. The molecular formula is C22H32ClFN2O2. The molecule has 3 unspecified atom stereocenters. The number of hydrogen-bond acceptors (Lipinski definition) is 3. The first kappa shape index (κ1) is 21.5. The Balaban J connectivity index is 0.00000225. The Morgan fingerprint density at radius 2 is 1.93 bits per heavy atom. The molecule has 1 aromatic carbocycles. The van der Waals surface area contributed by atoms with Crippen molar-refractivity contribution in [3.05, 3.63) is 35.6 Å². The molecule has 28 heavy (non-hydrogen) atoms. The van der Waals surface area contributed by atoms with E-state index >= 15 is 0 Å². The SMILES string of the molecule is Cl.NC1C2CCCC1CC(C(=O)N(Cc1cccc(F)c1)CC1CCCO1)C2. The Hall–Kier alpha value is -1.17. The molecular weight excluding hydrogens is 379 g/mol. The smallest absolute Gasteiger partial charge is 0.226 e. The van der Waals surface area contributed by atoms with Gasteiger partial charge in [-0.2, -0.15) is 0 Å². The Bertz CT molecular complexity index is 654. The van der Waals surface area contributed by atoms with Crippen molar-refractivity contribution in [3.63, 3.8) is 0 Å². The standard InChI is InChI=1S/C22H31FN2O2.ClH/c23-19-7-1-4-15(10-19)13-25(14-20-8-3-9-27-20)22(26)18-11-16-5-2-6-17(12-18)21(16)24;/h1,4,7,10,16-18,20-21H,2-3,5-6,8-9,11-14,24H2;1H. The summed E-state index contributed by atoms with van der Waals surface area (Å²) in [6.07, 6.45) is 7.50. The lowest BCUT2D eigenvalue weighted by atomic mass is 9.65. The highest BCUT2D eigenvalue weighted by molar-refractivity contribution is 5.85. The largest absolute Gasteiger partial charge is 0.376 e. The average Bonchev–Trinajstić information content (AvgIpc) is 3.13. The van der Waals surface area contributed by atoms with E-state index in [-0.39, 0.29) is 42.2 Å². The second-order valence-electron chi connectivity index (χ2n) is 8.68. The van der Waals surface area contributed by atoms with Crippen LogP contribution in [-0.2, 0) is 16.1 Å². The molecule has 4 rings (SSSR count). The number of carbonyl (C=O) groups is 1. The third-order valence-electron chi connectivity index (χ3n) is 6.78. The van der Waals surface area contributed by atoms with Crippen LogP contribution in [0.2, 0.25) is 0 Å². The fraction of sp³-hybridized carbons (Fsp3) is 0.682. The van der Waals surface area contributed by atoms with Crippen molar-refractivity contribution in [1.82, 2.24) is 4.90 Å². The summed E-state index contributed by atoms with van der Waals surface area (Å²) in [6, 6.07) is 6.84. The topological polar surface area (TPSA) is 55.6 Å². The van der Waals surface area contributed by atoms with Crippen molar-refractivity contribution in [1.29, 1.82) is 0 Å². The summed E-state index contributed by atoms with van der Waals surface area (Å²) in [5.74, 6) is 0.958. The van der Waals surface area contributed by atoms with Crippen molar-refractivity contribution < 1.29 is 13.9 Å². The van der Waals surface area contributed by atoms with Crippen LogP contribution < -0.4 is 5.73 Å². The molecule has 3 aliphatic rings. The molecule has 2 saturated carbocycles. The summed E-state index contributed by atoms with van der Waals surface area (Å²) in [6.45, 7) is 1.83. The minimum absolute atomic E-state index is 0. The van der Waals surface area contributed by atoms with Crippen LogP contribution in [0.15, 0.2) is 24.3 Å². The number of nitrogens with zero attached hydrogens (tertiary/aromatic N) is 1. The number of halogens is 2. The van der Waals surface area contributed by atoms with E-state index in [0.717, 1.165) is 50.7 Å². The molecule has 2 bridgehead atoms. The van der Waals surface area contributed by atoms with Crippen LogP contribution in [0.4, 0.5) is 4.39 Å². The highest BCUT2D eigenvalue weighted by atomic mass is 35.5. The van der Waals surface area contributed by atoms with E-state index in [4.69, 9.17) is 10.5 Å². The minimum Gasteiger partial charge on any atom is -0.376 e. The lowest BCUT2D eigenvalue weighted by Gasteiger charge is -2.44. The molecule has 2 N–H and O–H groups in total. The summed E-state index contributed by atoms with van der Waals surface area (Å²) in [5.41, 5.74) is 7.25. The second kappa shape index (κ2) is 9.55. The average molecular weight is 411 g/mol. The second-order valence-corrected chi connectivity index (χ2v) is 8.68. The van der Waals surface area contributed by atoms with E-state index in [9.17, 15) is 9.18 Å². The molecule has 1 amide bonds. The molecule has 2 aliphatic carbocycles. The van der Waals surface area contributed by atoms with Crippen molar-refractivity contribution >= 4 is 18.3 Å². The third kappa shape index (κ3) is 4.87. The van der Waals surface area contributed by atoms with Crippen LogP contribution >= 0.6 is 12.4 Å². The van der Waals surface area contributed by atoms with Gasteiger partial charge >= 0.3 is 0 Å². The van der Waals surface area contributed by atoms with Crippen LogP contribution in [0, 0.1) is 23.6 Å². The monoisotopic (exact) mass is 410 g/mol. The quantitative estimate of drug-likeness (QED) is 0.800. The zero-order valence-electron chi connectivity index (χ0n) is 16.4. The molecule has 1 aliphatic heterocycles. The van der Waals surface area contributed by atoms with Gasteiger partial charge in [0.25, 0.3) is 0 Å². The van der Waals surface area contributed by atoms with E-state index in [0.29, 0.717) is 24.9 Å². The van der Waals surface area contributed by atoms with Gasteiger partial charge in [0.05, 0.1) is 6.10 Å². The zero-order chi connectivity index (χ0) is 18.8. The number of fused-ring (bicyclic) bond motifs is 2. The lowest BCUT2D eigenvalue weighted by molar-refractivity contribution is -0.141. The summed E-state index contributed by atoms with van der Waals surface area (Å²) < 4.78 is 19.4. The maximum absolute atomic E-state index is 13.6. The van der Waals surface area contributed by atoms with E-state index in [1.807, 2.05) is 11.0 Å². The first-order valence-electron chi connectivity index (χ1n) is 10.5. The number of rotatable bonds is 5. The summed E-state index contributed by atoms with van der Waals surface area (Å²) >= 11 is 0. The van der Waals surface area contributed by atoms with Gasteiger partial charge in [-0.1, -0.05) is 18.6 Å². The Morgan fingerprint density at radius 1 is 1.18 bits per heavy atom. The Kier molecular flexibility index (Phi) is 7.35. The van der Waals surface area contributed by atoms with Gasteiger partial charge in [0.15, 0.2) is 0 Å². The van der Waals surface area contributed by atoms with Crippen LogP contribution in [0.25, 0.3) is 0 Å². The first-order valence-corrected chi connectivity index (χ1v) is 10.5. The molecule has 1 saturated heterocycles. The molecule has 156 valence electrons. The molecule has 0 spiro atoms. The normalized spacial score (nSPS) is 31.9.